The predicted octanol–water partition coefficient (Wildman–Crippen LogP) is 2.14. The predicted molar refractivity (Wildman–Crippen MR) is 108 cm³/mol. The number of anilines is 2. The molecule has 0 saturated heterocycles. The number of ether oxygens (including phenoxy) is 2. The first-order valence-corrected chi connectivity index (χ1v) is 9.16. The van der Waals surface area contributed by atoms with Crippen molar-refractivity contribution in [1.82, 2.24) is 30.4 Å². The third-order valence-corrected chi connectivity index (χ3v) is 5.04. The van der Waals surface area contributed by atoms with Crippen LogP contribution in [0.4, 0.5) is 11.6 Å². The Bertz CT molecular complexity index is 1280. The van der Waals surface area contributed by atoms with E-state index in [-0.39, 0.29) is 5.56 Å². The molecule has 10 nitrogen and oxygen atoms in total. The highest BCUT2D eigenvalue weighted by Crippen LogP contribution is 2.42. The quantitative estimate of drug-likeness (QED) is 0.468. The van der Waals surface area contributed by atoms with Gasteiger partial charge in [-0.3, -0.25) is 4.79 Å². The number of nitrogens with zero attached hydrogens (tertiary/aromatic N) is 5. The van der Waals surface area contributed by atoms with Gasteiger partial charge in [-0.15, -0.1) is 0 Å². The van der Waals surface area contributed by atoms with Crippen molar-refractivity contribution >= 4 is 11.6 Å². The number of benzene rings is 2. The summed E-state index contributed by atoms with van der Waals surface area (Å²) in [4.78, 5) is 12.7. The smallest absolute Gasteiger partial charge is 0.288 e. The molecule has 2 aromatic carbocycles. The number of methoxy groups -OCH3 is 2. The molecule has 1 aliphatic rings. The minimum Gasteiger partial charge on any atom is -0.493 e. The van der Waals surface area contributed by atoms with Crippen LogP contribution in [0.2, 0.25) is 0 Å². The molecule has 0 spiro atoms. The maximum absolute atomic E-state index is 12.7. The Hall–Kier alpha value is -4.21. The molecule has 1 aliphatic heterocycles. The number of aromatic nitrogens is 6. The number of hydrogen-bond donors (Lipinski definition) is 2. The van der Waals surface area contributed by atoms with E-state index >= 15 is 0 Å². The Morgan fingerprint density at radius 3 is 2.60 bits per heavy atom. The van der Waals surface area contributed by atoms with Crippen molar-refractivity contribution in [2.75, 3.05) is 19.5 Å². The van der Waals surface area contributed by atoms with E-state index < -0.39 is 6.04 Å². The van der Waals surface area contributed by atoms with Gasteiger partial charge in [0, 0.05) is 11.1 Å². The zero-order valence-electron chi connectivity index (χ0n) is 16.2. The van der Waals surface area contributed by atoms with Crippen LogP contribution in [0.3, 0.4) is 0 Å². The van der Waals surface area contributed by atoms with Crippen molar-refractivity contribution in [2.24, 2.45) is 0 Å². The van der Waals surface area contributed by atoms with E-state index in [2.05, 4.69) is 31.0 Å². The van der Waals surface area contributed by atoms with Gasteiger partial charge in [0.15, 0.2) is 11.5 Å². The molecule has 0 bridgehead atoms. The van der Waals surface area contributed by atoms with Crippen LogP contribution in [0.15, 0.2) is 53.3 Å². The van der Waals surface area contributed by atoms with E-state index in [0.29, 0.717) is 34.4 Å². The fourth-order valence-electron chi connectivity index (χ4n) is 3.68. The van der Waals surface area contributed by atoms with Crippen molar-refractivity contribution in [3.05, 3.63) is 70.0 Å². The lowest BCUT2D eigenvalue weighted by Crippen LogP contribution is -2.29. The minimum absolute atomic E-state index is 0.353. The van der Waals surface area contributed by atoms with Crippen molar-refractivity contribution in [2.45, 2.75) is 6.04 Å². The van der Waals surface area contributed by atoms with Crippen molar-refractivity contribution in [3.8, 4) is 22.8 Å². The number of tetrazole rings is 1. The van der Waals surface area contributed by atoms with Gasteiger partial charge >= 0.3 is 0 Å². The molecule has 0 radical (unpaired) electrons. The number of aromatic amines is 1. The summed E-state index contributed by atoms with van der Waals surface area (Å²) in [5, 5.41) is 21.9. The average Bonchev–Trinajstić information content (AvgIpc) is 3.26. The molecule has 0 saturated carbocycles. The van der Waals surface area contributed by atoms with Gasteiger partial charge < -0.3 is 14.8 Å². The van der Waals surface area contributed by atoms with Crippen LogP contribution in [0, 0.1) is 0 Å². The average molecular weight is 403 g/mol. The molecule has 0 amide bonds. The molecule has 10 heteroatoms. The summed E-state index contributed by atoms with van der Waals surface area (Å²) in [6, 6.07) is 14.7. The fourth-order valence-corrected chi connectivity index (χ4v) is 3.68. The summed E-state index contributed by atoms with van der Waals surface area (Å²) in [6.45, 7) is 0. The monoisotopic (exact) mass is 403 g/mol. The van der Waals surface area contributed by atoms with Gasteiger partial charge in [-0.2, -0.15) is 9.78 Å². The molecule has 1 atom stereocenters. The molecule has 0 unspecified atom stereocenters. The molecule has 30 heavy (non-hydrogen) atoms. The fraction of sp³-hybridized carbons (Fsp3) is 0.150. The van der Waals surface area contributed by atoms with Crippen molar-refractivity contribution in [1.29, 1.82) is 0 Å². The van der Waals surface area contributed by atoms with Crippen LogP contribution in [0.5, 0.6) is 11.5 Å². The topological polar surface area (TPSA) is 120 Å². The minimum atomic E-state index is -0.439. The summed E-state index contributed by atoms with van der Waals surface area (Å²) in [7, 11) is 3.14. The number of nitrogens with one attached hydrogen (secondary N) is 2. The van der Waals surface area contributed by atoms with Crippen LogP contribution in [-0.2, 0) is 0 Å². The van der Waals surface area contributed by atoms with E-state index in [0.717, 1.165) is 11.1 Å². The zero-order chi connectivity index (χ0) is 20.7. The van der Waals surface area contributed by atoms with Gasteiger partial charge in [0.2, 0.25) is 5.95 Å². The van der Waals surface area contributed by atoms with Crippen LogP contribution < -0.4 is 20.3 Å². The first kappa shape index (κ1) is 17.9. The van der Waals surface area contributed by atoms with Crippen LogP contribution in [0.1, 0.15) is 17.2 Å². The van der Waals surface area contributed by atoms with Gasteiger partial charge in [-0.05, 0) is 34.2 Å². The molecular weight excluding hydrogens is 386 g/mol. The number of rotatable bonds is 4. The Kier molecular flexibility index (Phi) is 4.16. The lowest BCUT2D eigenvalue weighted by molar-refractivity contribution is 0.355. The molecule has 4 aromatic rings. The van der Waals surface area contributed by atoms with Crippen LogP contribution >= 0.6 is 0 Å². The SMILES string of the molecule is COc1ccc(-c2n[nH]c(=O)c3c2[C@H](c2ccccc2)n2nnnc2N3)cc1OC. The number of H-pyrrole nitrogens is 1. The molecule has 2 aromatic heterocycles. The van der Waals surface area contributed by atoms with E-state index in [1.807, 2.05) is 42.5 Å². The second-order valence-corrected chi connectivity index (χ2v) is 6.65. The van der Waals surface area contributed by atoms with Crippen molar-refractivity contribution in [3.63, 3.8) is 0 Å². The van der Waals surface area contributed by atoms with Gasteiger partial charge in [-0.1, -0.05) is 35.4 Å². The Balaban J connectivity index is 1.79. The van der Waals surface area contributed by atoms with E-state index in [4.69, 9.17) is 9.47 Å². The molecule has 5 rings (SSSR count). The first-order valence-electron chi connectivity index (χ1n) is 9.16. The second-order valence-electron chi connectivity index (χ2n) is 6.65. The molecule has 0 aliphatic carbocycles. The standard InChI is InChI=1S/C20H17N7O3/c1-29-13-9-8-12(10-14(13)30-2)16-15-17(19(28)23-22-16)21-20-24-25-26-27(20)18(15)11-6-4-3-5-7-11/h3-10,18H,1-2H3,(H,23,28)(H,21,24,26)/t18-/m0/s1. The maximum atomic E-state index is 12.7. The number of hydrogen-bond acceptors (Lipinski definition) is 8. The van der Waals surface area contributed by atoms with Gasteiger partial charge in [-0.25, -0.2) is 5.10 Å². The Morgan fingerprint density at radius 2 is 1.83 bits per heavy atom. The summed E-state index contributed by atoms with van der Waals surface area (Å²) in [5.41, 5.74) is 2.91. The van der Waals surface area contributed by atoms with E-state index in [9.17, 15) is 4.79 Å². The highest BCUT2D eigenvalue weighted by atomic mass is 16.5. The first-order chi connectivity index (χ1) is 14.7. The lowest BCUT2D eigenvalue weighted by atomic mass is 9.92. The molecule has 3 heterocycles. The maximum Gasteiger partial charge on any atom is 0.288 e. The highest BCUT2D eigenvalue weighted by molar-refractivity contribution is 5.76. The third-order valence-electron chi connectivity index (χ3n) is 5.04. The number of fused-ring (bicyclic) bond motifs is 2. The van der Waals surface area contributed by atoms with Crippen LogP contribution in [-0.4, -0.2) is 44.6 Å². The second kappa shape index (κ2) is 6.99. The third kappa shape index (κ3) is 2.69. The largest absolute Gasteiger partial charge is 0.493 e. The summed E-state index contributed by atoms with van der Waals surface area (Å²) in [6.07, 6.45) is 0. The van der Waals surface area contributed by atoms with Crippen molar-refractivity contribution < 1.29 is 9.47 Å². The zero-order valence-corrected chi connectivity index (χ0v) is 16.2. The molecular formula is C20H17N7O3. The molecule has 2 N–H and O–H groups in total. The van der Waals surface area contributed by atoms with E-state index in [1.165, 1.54) is 0 Å². The highest BCUT2D eigenvalue weighted by Gasteiger charge is 2.34. The molecule has 150 valence electrons. The Morgan fingerprint density at radius 1 is 1.03 bits per heavy atom. The van der Waals surface area contributed by atoms with Gasteiger partial charge in [0.25, 0.3) is 5.56 Å². The summed E-state index contributed by atoms with van der Waals surface area (Å²) >= 11 is 0. The summed E-state index contributed by atoms with van der Waals surface area (Å²) in [5.74, 6) is 1.53. The lowest BCUT2D eigenvalue weighted by Gasteiger charge is -2.27. The van der Waals surface area contributed by atoms with Crippen LogP contribution in [0.25, 0.3) is 11.3 Å². The summed E-state index contributed by atoms with van der Waals surface area (Å²) < 4.78 is 12.4. The van der Waals surface area contributed by atoms with Gasteiger partial charge in [0.05, 0.1) is 19.9 Å². The van der Waals surface area contributed by atoms with E-state index in [1.54, 1.807) is 25.0 Å². The normalized spacial score (nSPS) is 14.4. The Labute approximate surface area is 170 Å². The van der Waals surface area contributed by atoms with Gasteiger partial charge in [0.1, 0.15) is 11.7 Å². The molecule has 0 fully saturated rings.